The van der Waals surface area contributed by atoms with Gasteiger partial charge >= 0.3 is 0 Å². The standard InChI is InChI=1S/C16H17N3O/c1-11-7-16(19(2)9-12-5-6-20-10-12)14-8-13(17)3-4-15(14)18-11/h3-8,10H,9,17H2,1-2H3. The molecule has 4 nitrogen and oxygen atoms in total. The molecule has 0 atom stereocenters. The van der Waals surface area contributed by atoms with Crippen molar-refractivity contribution in [3.05, 3.63) is 54.1 Å². The van der Waals surface area contributed by atoms with E-state index in [2.05, 4.69) is 23.0 Å². The summed E-state index contributed by atoms with van der Waals surface area (Å²) in [7, 11) is 2.06. The lowest BCUT2D eigenvalue weighted by molar-refractivity contribution is 0.563. The number of hydrogen-bond acceptors (Lipinski definition) is 4. The first-order chi connectivity index (χ1) is 9.63. The smallest absolute Gasteiger partial charge is 0.0952 e. The van der Waals surface area contributed by atoms with Gasteiger partial charge in [-0.25, -0.2) is 0 Å². The van der Waals surface area contributed by atoms with Crippen LogP contribution in [-0.2, 0) is 6.54 Å². The number of nitrogen functional groups attached to an aromatic ring is 1. The third-order valence-electron chi connectivity index (χ3n) is 3.35. The van der Waals surface area contributed by atoms with Gasteiger partial charge in [0.2, 0.25) is 0 Å². The molecule has 0 aliphatic rings. The Balaban J connectivity index is 2.07. The van der Waals surface area contributed by atoms with Crippen molar-refractivity contribution in [2.24, 2.45) is 0 Å². The Kier molecular flexibility index (Phi) is 3.06. The lowest BCUT2D eigenvalue weighted by atomic mass is 10.1. The maximum atomic E-state index is 5.91. The lowest BCUT2D eigenvalue weighted by Crippen LogP contribution is -2.16. The number of furan rings is 1. The van der Waals surface area contributed by atoms with E-state index >= 15 is 0 Å². The molecule has 2 aromatic heterocycles. The Morgan fingerprint density at radius 2 is 2.10 bits per heavy atom. The van der Waals surface area contributed by atoms with Crippen LogP contribution in [0.3, 0.4) is 0 Å². The second kappa shape index (κ2) is 4.89. The van der Waals surface area contributed by atoms with E-state index in [1.54, 1.807) is 12.5 Å². The van der Waals surface area contributed by atoms with E-state index in [0.29, 0.717) is 0 Å². The zero-order valence-electron chi connectivity index (χ0n) is 11.6. The van der Waals surface area contributed by atoms with Crippen molar-refractivity contribution < 1.29 is 4.42 Å². The molecular formula is C16H17N3O. The molecule has 3 rings (SSSR count). The zero-order chi connectivity index (χ0) is 14.1. The van der Waals surface area contributed by atoms with Crippen LogP contribution in [0, 0.1) is 6.92 Å². The van der Waals surface area contributed by atoms with Crippen molar-refractivity contribution in [1.29, 1.82) is 0 Å². The van der Waals surface area contributed by atoms with Gasteiger partial charge in [-0.1, -0.05) is 0 Å². The highest BCUT2D eigenvalue weighted by atomic mass is 16.3. The Bertz CT molecular complexity index is 735. The number of aryl methyl sites for hydroxylation is 1. The number of hydrogen-bond donors (Lipinski definition) is 1. The van der Waals surface area contributed by atoms with Gasteiger partial charge in [-0.3, -0.25) is 4.98 Å². The Morgan fingerprint density at radius 3 is 2.85 bits per heavy atom. The fourth-order valence-electron chi connectivity index (χ4n) is 2.41. The highest BCUT2D eigenvalue weighted by Crippen LogP contribution is 2.28. The third kappa shape index (κ3) is 2.32. The maximum absolute atomic E-state index is 5.91. The average molecular weight is 267 g/mol. The van der Waals surface area contributed by atoms with Crippen LogP contribution in [0.15, 0.2) is 47.3 Å². The molecule has 0 saturated heterocycles. The molecule has 0 fully saturated rings. The summed E-state index contributed by atoms with van der Waals surface area (Å²) in [5, 5.41) is 1.07. The van der Waals surface area contributed by atoms with Gasteiger partial charge in [0.25, 0.3) is 0 Å². The highest BCUT2D eigenvalue weighted by Gasteiger charge is 2.10. The van der Waals surface area contributed by atoms with Crippen molar-refractivity contribution >= 4 is 22.3 Å². The van der Waals surface area contributed by atoms with Crippen LogP contribution in [0.4, 0.5) is 11.4 Å². The molecule has 2 N–H and O–H groups in total. The average Bonchev–Trinajstić information content (AvgIpc) is 2.91. The van der Waals surface area contributed by atoms with Crippen LogP contribution in [0.1, 0.15) is 11.3 Å². The summed E-state index contributed by atoms with van der Waals surface area (Å²) in [5.74, 6) is 0. The molecule has 0 bridgehead atoms. The Morgan fingerprint density at radius 1 is 1.25 bits per heavy atom. The van der Waals surface area contributed by atoms with E-state index in [1.165, 1.54) is 0 Å². The van der Waals surface area contributed by atoms with Crippen molar-refractivity contribution in [2.75, 3.05) is 17.7 Å². The zero-order valence-corrected chi connectivity index (χ0v) is 11.6. The van der Waals surface area contributed by atoms with E-state index in [9.17, 15) is 0 Å². The first-order valence-electron chi connectivity index (χ1n) is 6.52. The van der Waals surface area contributed by atoms with Gasteiger partial charge in [-0.2, -0.15) is 0 Å². The van der Waals surface area contributed by atoms with E-state index in [-0.39, 0.29) is 0 Å². The van der Waals surface area contributed by atoms with Gasteiger partial charge in [0.15, 0.2) is 0 Å². The van der Waals surface area contributed by atoms with Gasteiger partial charge in [0, 0.05) is 41.6 Å². The maximum Gasteiger partial charge on any atom is 0.0952 e. The fraction of sp³-hybridized carbons (Fsp3) is 0.188. The molecule has 0 aliphatic heterocycles. The number of anilines is 2. The summed E-state index contributed by atoms with van der Waals surface area (Å²) in [6.07, 6.45) is 3.46. The number of benzene rings is 1. The van der Waals surface area contributed by atoms with Crippen LogP contribution in [0.25, 0.3) is 10.9 Å². The molecule has 0 unspecified atom stereocenters. The molecular weight excluding hydrogens is 250 g/mol. The van der Waals surface area contributed by atoms with Crippen molar-refractivity contribution in [3.8, 4) is 0 Å². The summed E-state index contributed by atoms with van der Waals surface area (Å²) in [5.41, 5.74) is 10.9. The van der Waals surface area contributed by atoms with Crippen LogP contribution in [-0.4, -0.2) is 12.0 Å². The van der Waals surface area contributed by atoms with Crippen molar-refractivity contribution in [1.82, 2.24) is 4.98 Å². The Labute approximate surface area is 117 Å². The highest BCUT2D eigenvalue weighted by molar-refractivity contribution is 5.93. The molecule has 0 radical (unpaired) electrons. The van der Waals surface area contributed by atoms with E-state index < -0.39 is 0 Å². The summed E-state index contributed by atoms with van der Waals surface area (Å²) >= 11 is 0. The minimum absolute atomic E-state index is 0.751. The Hall–Kier alpha value is -2.49. The van der Waals surface area contributed by atoms with Gasteiger partial charge in [-0.05, 0) is 37.3 Å². The number of nitrogens with two attached hydrogens (primary N) is 1. The molecule has 2 heterocycles. The fourth-order valence-corrected chi connectivity index (χ4v) is 2.41. The first kappa shape index (κ1) is 12.5. The summed E-state index contributed by atoms with van der Waals surface area (Å²) in [6.45, 7) is 2.79. The minimum atomic E-state index is 0.751. The SMILES string of the molecule is Cc1cc(N(C)Cc2ccoc2)c2cc(N)ccc2n1. The molecule has 0 saturated carbocycles. The summed E-state index contributed by atoms with van der Waals surface area (Å²) < 4.78 is 5.12. The predicted octanol–water partition coefficient (Wildman–Crippen LogP) is 3.35. The largest absolute Gasteiger partial charge is 0.472 e. The van der Waals surface area contributed by atoms with Gasteiger partial charge in [0.05, 0.1) is 18.0 Å². The second-order valence-electron chi connectivity index (χ2n) is 5.05. The van der Waals surface area contributed by atoms with Gasteiger partial charge < -0.3 is 15.1 Å². The number of pyridine rings is 1. The normalized spacial score (nSPS) is 10.9. The number of fused-ring (bicyclic) bond motifs is 1. The molecule has 20 heavy (non-hydrogen) atoms. The molecule has 3 aromatic rings. The topological polar surface area (TPSA) is 55.3 Å². The van der Waals surface area contributed by atoms with Gasteiger partial charge in [-0.15, -0.1) is 0 Å². The van der Waals surface area contributed by atoms with E-state index in [1.807, 2.05) is 31.2 Å². The van der Waals surface area contributed by atoms with Crippen LogP contribution >= 0.6 is 0 Å². The van der Waals surface area contributed by atoms with E-state index in [0.717, 1.165) is 40.1 Å². The molecule has 0 spiro atoms. The van der Waals surface area contributed by atoms with Crippen LogP contribution in [0.5, 0.6) is 0 Å². The number of rotatable bonds is 3. The van der Waals surface area contributed by atoms with Crippen molar-refractivity contribution in [3.63, 3.8) is 0 Å². The lowest BCUT2D eigenvalue weighted by Gasteiger charge is -2.21. The molecule has 1 aromatic carbocycles. The number of aromatic nitrogens is 1. The molecule has 4 heteroatoms. The summed E-state index contributed by atoms with van der Waals surface area (Å²) in [4.78, 5) is 6.74. The quantitative estimate of drug-likeness (QED) is 0.739. The van der Waals surface area contributed by atoms with E-state index in [4.69, 9.17) is 10.2 Å². The monoisotopic (exact) mass is 267 g/mol. The van der Waals surface area contributed by atoms with Gasteiger partial charge in [0.1, 0.15) is 0 Å². The number of nitrogens with zero attached hydrogens (tertiary/aromatic N) is 2. The molecule has 0 aliphatic carbocycles. The van der Waals surface area contributed by atoms with Crippen molar-refractivity contribution in [2.45, 2.75) is 13.5 Å². The third-order valence-corrected chi connectivity index (χ3v) is 3.35. The van der Waals surface area contributed by atoms with Crippen LogP contribution < -0.4 is 10.6 Å². The summed E-state index contributed by atoms with van der Waals surface area (Å²) in [6, 6.07) is 9.88. The molecule has 102 valence electrons. The molecule has 0 amide bonds. The first-order valence-corrected chi connectivity index (χ1v) is 6.52. The van der Waals surface area contributed by atoms with Crippen LogP contribution in [0.2, 0.25) is 0 Å². The minimum Gasteiger partial charge on any atom is -0.472 e. The predicted molar refractivity (Wildman–Crippen MR) is 81.7 cm³/mol. The second-order valence-corrected chi connectivity index (χ2v) is 5.05.